The van der Waals surface area contributed by atoms with Crippen molar-refractivity contribution in [2.24, 2.45) is 0 Å². The first-order chi connectivity index (χ1) is 15.6. The van der Waals surface area contributed by atoms with Crippen molar-refractivity contribution in [1.82, 2.24) is 15.1 Å². The number of carbonyl (C=O) groups is 1. The maximum Gasteiger partial charge on any atom is 0.273 e. The highest BCUT2D eigenvalue weighted by Crippen LogP contribution is 2.43. The van der Waals surface area contributed by atoms with Gasteiger partial charge in [0.2, 0.25) is 0 Å². The number of ether oxygens (including phenoxy) is 2. The van der Waals surface area contributed by atoms with Gasteiger partial charge >= 0.3 is 0 Å². The van der Waals surface area contributed by atoms with Crippen LogP contribution in [0.15, 0.2) is 48.5 Å². The van der Waals surface area contributed by atoms with E-state index in [4.69, 9.17) is 9.47 Å². The lowest BCUT2D eigenvalue weighted by Crippen LogP contribution is -2.36. The second kappa shape index (κ2) is 8.43. The summed E-state index contributed by atoms with van der Waals surface area (Å²) in [7, 11) is 1.65. The average Bonchev–Trinajstić information content (AvgIpc) is 3.54. The Hall–Kier alpha value is -3.12. The first kappa shape index (κ1) is 20.8. The van der Waals surface area contributed by atoms with Gasteiger partial charge in [0, 0.05) is 24.3 Å². The summed E-state index contributed by atoms with van der Waals surface area (Å²) in [4.78, 5) is 15.4. The number of nitrogens with one attached hydrogen (secondary N) is 1. The predicted molar refractivity (Wildman–Crippen MR) is 123 cm³/mol. The van der Waals surface area contributed by atoms with Crippen molar-refractivity contribution in [1.29, 1.82) is 0 Å². The van der Waals surface area contributed by atoms with Gasteiger partial charge in [-0.05, 0) is 54.2 Å². The van der Waals surface area contributed by atoms with Gasteiger partial charge in [0.1, 0.15) is 11.4 Å². The van der Waals surface area contributed by atoms with Gasteiger partial charge in [0.05, 0.1) is 24.9 Å². The molecule has 2 unspecified atom stereocenters. The Morgan fingerprint density at radius 2 is 1.91 bits per heavy atom. The van der Waals surface area contributed by atoms with Crippen LogP contribution in [0.5, 0.6) is 5.75 Å². The van der Waals surface area contributed by atoms with E-state index in [0.717, 1.165) is 47.6 Å². The van der Waals surface area contributed by atoms with Gasteiger partial charge in [0.15, 0.2) is 0 Å². The van der Waals surface area contributed by atoms with Crippen LogP contribution in [-0.4, -0.2) is 47.4 Å². The standard InChI is InChI=1S/C26H29N3O3/c1-16(2)17-6-8-19(9-7-17)25-22-23(18-10-12-20(31-3)13-11-18)27-28-24(22)26(30)29(25)15-21-5-4-14-32-21/h6-13,16,21,25H,4-5,14-15H2,1-3H3,(H,27,28). The van der Waals surface area contributed by atoms with Crippen molar-refractivity contribution in [3.05, 3.63) is 70.9 Å². The third kappa shape index (κ3) is 3.58. The Kier molecular flexibility index (Phi) is 5.47. The van der Waals surface area contributed by atoms with Gasteiger partial charge in [-0.3, -0.25) is 9.89 Å². The number of hydrogen-bond acceptors (Lipinski definition) is 4. The number of benzene rings is 2. The number of amides is 1. The molecule has 2 atom stereocenters. The van der Waals surface area contributed by atoms with E-state index in [1.165, 1.54) is 5.56 Å². The summed E-state index contributed by atoms with van der Waals surface area (Å²) < 4.78 is 11.2. The minimum atomic E-state index is -0.196. The van der Waals surface area contributed by atoms with Crippen molar-refractivity contribution in [2.45, 2.75) is 44.8 Å². The summed E-state index contributed by atoms with van der Waals surface area (Å²) in [6.45, 7) is 5.73. The van der Waals surface area contributed by atoms with Crippen molar-refractivity contribution in [3.63, 3.8) is 0 Å². The monoisotopic (exact) mass is 431 g/mol. The van der Waals surface area contributed by atoms with Gasteiger partial charge in [-0.1, -0.05) is 38.1 Å². The molecule has 1 amide bonds. The molecule has 3 aromatic rings. The van der Waals surface area contributed by atoms with Crippen LogP contribution in [-0.2, 0) is 4.74 Å². The summed E-state index contributed by atoms with van der Waals surface area (Å²) in [6, 6.07) is 16.3. The van der Waals surface area contributed by atoms with E-state index >= 15 is 0 Å². The second-order valence-electron chi connectivity index (χ2n) is 8.91. The number of hydrogen-bond donors (Lipinski definition) is 1. The summed E-state index contributed by atoms with van der Waals surface area (Å²) in [6.07, 6.45) is 2.11. The van der Waals surface area contributed by atoms with E-state index in [1.807, 2.05) is 29.2 Å². The van der Waals surface area contributed by atoms with Crippen LogP contribution in [0.3, 0.4) is 0 Å². The van der Waals surface area contributed by atoms with Gasteiger partial charge < -0.3 is 14.4 Å². The summed E-state index contributed by atoms with van der Waals surface area (Å²) in [5, 5.41) is 7.59. The molecule has 1 N–H and O–H groups in total. The number of rotatable bonds is 6. The molecule has 2 aliphatic heterocycles. The first-order valence-electron chi connectivity index (χ1n) is 11.3. The van der Waals surface area contributed by atoms with Crippen molar-refractivity contribution in [3.8, 4) is 17.0 Å². The van der Waals surface area contributed by atoms with Crippen LogP contribution in [0.4, 0.5) is 0 Å². The number of aromatic amines is 1. The molecule has 2 aromatic carbocycles. The van der Waals surface area contributed by atoms with Crippen LogP contribution in [0.2, 0.25) is 0 Å². The van der Waals surface area contributed by atoms with Crippen molar-refractivity contribution < 1.29 is 14.3 Å². The Balaban J connectivity index is 1.58. The zero-order valence-corrected chi connectivity index (χ0v) is 18.8. The predicted octanol–water partition coefficient (Wildman–Crippen LogP) is 4.93. The Labute approximate surface area is 188 Å². The molecule has 0 aliphatic carbocycles. The van der Waals surface area contributed by atoms with E-state index in [2.05, 4.69) is 48.3 Å². The Morgan fingerprint density at radius 3 is 2.53 bits per heavy atom. The fourth-order valence-electron chi connectivity index (χ4n) is 4.77. The zero-order valence-electron chi connectivity index (χ0n) is 18.8. The molecule has 0 bridgehead atoms. The Morgan fingerprint density at radius 1 is 1.16 bits per heavy atom. The van der Waals surface area contributed by atoms with Crippen LogP contribution < -0.4 is 4.74 Å². The average molecular weight is 432 g/mol. The fraction of sp³-hybridized carbons (Fsp3) is 0.385. The molecule has 1 aromatic heterocycles. The van der Waals surface area contributed by atoms with Crippen molar-refractivity contribution in [2.75, 3.05) is 20.3 Å². The number of methoxy groups -OCH3 is 1. The number of carbonyl (C=O) groups excluding carboxylic acids is 1. The minimum Gasteiger partial charge on any atom is -0.497 e. The molecule has 32 heavy (non-hydrogen) atoms. The van der Waals surface area contributed by atoms with Gasteiger partial charge in [-0.2, -0.15) is 5.10 Å². The molecule has 0 saturated carbocycles. The lowest BCUT2D eigenvalue weighted by Gasteiger charge is -2.28. The molecule has 6 heteroatoms. The molecular formula is C26H29N3O3. The molecule has 0 radical (unpaired) electrons. The lowest BCUT2D eigenvalue weighted by molar-refractivity contribution is 0.0495. The highest BCUT2D eigenvalue weighted by Gasteiger charge is 2.43. The van der Waals surface area contributed by atoms with E-state index < -0.39 is 0 Å². The molecular weight excluding hydrogens is 402 g/mol. The molecule has 2 aliphatic rings. The van der Waals surface area contributed by atoms with Crippen LogP contribution in [0.1, 0.15) is 65.8 Å². The molecule has 3 heterocycles. The third-order valence-electron chi connectivity index (χ3n) is 6.57. The number of aromatic nitrogens is 2. The maximum absolute atomic E-state index is 13.5. The topological polar surface area (TPSA) is 67.4 Å². The van der Waals surface area contributed by atoms with Crippen LogP contribution >= 0.6 is 0 Å². The molecule has 1 saturated heterocycles. The van der Waals surface area contributed by atoms with Crippen LogP contribution in [0, 0.1) is 0 Å². The summed E-state index contributed by atoms with van der Waals surface area (Å²) in [5.74, 6) is 1.23. The fourth-order valence-corrected chi connectivity index (χ4v) is 4.77. The van der Waals surface area contributed by atoms with E-state index in [1.54, 1.807) is 7.11 Å². The Bertz CT molecular complexity index is 1100. The van der Waals surface area contributed by atoms with E-state index in [-0.39, 0.29) is 18.1 Å². The summed E-state index contributed by atoms with van der Waals surface area (Å²) in [5.41, 5.74) is 5.66. The number of H-pyrrole nitrogens is 1. The molecule has 0 spiro atoms. The van der Waals surface area contributed by atoms with E-state index in [0.29, 0.717) is 18.2 Å². The largest absolute Gasteiger partial charge is 0.497 e. The summed E-state index contributed by atoms with van der Waals surface area (Å²) >= 11 is 0. The molecule has 166 valence electrons. The first-order valence-corrected chi connectivity index (χ1v) is 11.3. The van der Waals surface area contributed by atoms with E-state index in [9.17, 15) is 4.79 Å². The zero-order chi connectivity index (χ0) is 22.2. The van der Waals surface area contributed by atoms with Crippen LogP contribution in [0.25, 0.3) is 11.3 Å². The maximum atomic E-state index is 13.5. The van der Waals surface area contributed by atoms with Gasteiger partial charge in [-0.15, -0.1) is 0 Å². The number of nitrogens with zero attached hydrogens (tertiary/aromatic N) is 2. The highest BCUT2D eigenvalue weighted by atomic mass is 16.5. The number of fused-ring (bicyclic) bond motifs is 1. The third-order valence-corrected chi connectivity index (χ3v) is 6.57. The lowest BCUT2D eigenvalue weighted by atomic mass is 9.93. The van der Waals surface area contributed by atoms with Gasteiger partial charge in [0.25, 0.3) is 5.91 Å². The smallest absolute Gasteiger partial charge is 0.273 e. The minimum absolute atomic E-state index is 0.0132. The van der Waals surface area contributed by atoms with Gasteiger partial charge in [-0.25, -0.2) is 0 Å². The van der Waals surface area contributed by atoms with Crippen molar-refractivity contribution >= 4 is 5.91 Å². The molecule has 6 nitrogen and oxygen atoms in total. The second-order valence-corrected chi connectivity index (χ2v) is 8.91. The normalized spacial score (nSPS) is 20.2. The highest BCUT2D eigenvalue weighted by molar-refractivity contribution is 6.00. The molecule has 5 rings (SSSR count). The SMILES string of the molecule is COc1ccc(-c2n[nH]c3c2C(c2ccc(C(C)C)cc2)N(CC2CCCO2)C3=O)cc1. The molecule has 1 fully saturated rings. The quantitative estimate of drug-likeness (QED) is 0.601.